The molecule has 0 fully saturated rings. The SMILES string of the molecule is COC(=O)c1ccccc1C(=O)OCC(=O)c1cc(C)ccc1C. The first-order valence-electron chi connectivity index (χ1n) is 7.39. The maximum Gasteiger partial charge on any atom is 0.339 e. The predicted octanol–water partition coefficient (Wildman–Crippen LogP) is 3.13. The first kappa shape index (κ1) is 17.4. The molecule has 0 saturated carbocycles. The fourth-order valence-corrected chi connectivity index (χ4v) is 2.27. The van der Waals surface area contributed by atoms with Crippen LogP contribution in [0.25, 0.3) is 0 Å². The van der Waals surface area contributed by atoms with Gasteiger partial charge >= 0.3 is 11.9 Å². The number of ketones is 1. The number of benzene rings is 2. The van der Waals surface area contributed by atoms with E-state index in [2.05, 4.69) is 4.74 Å². The lowest BCUT2D eigenvalue weighted by molar-refractivity contribution is 0.0463. The summed E-state index contributed by atoms with van der Waals surface area (Å²) in [6.45, 7) is 3.31. The maximum absolute atomic E-state index is 12.3. The fraction of sp³-hybridized carbons (Fsp3) is 0.211. The van der Waals surface area contributed by atoms with Crippen LogP contribution in [0.3, 0.4) is 0 Å². The van der Waals surface area contributed by atoms with Crippen LogP contribution in [0.1, 0.15) is 42.2 Å². The standard InChI is InChI=1S/C19H18O5/c1-12-8-9-13(2)16(10-12)17(20)11-24-19(22)15-7-5-4-6-14(15)18(21)23-3/h4-10H,11H2,1-3H3. The first-order chi connectivity index (χ1) is 11.4. The zero-order valence-electron chi connectivity index (χ0n) is 13.8. The van der Waals surface area contributed by atoms with Gasteiger partial charge in [-0.3, -0.25) is 4.79 Å². The number of Topliss-reactive ketones (excluding diaryl/α,β-unsaturated/α-hetero) is 1. The smallest absolute Gasteiger partial charge is 0.339 e. The summed E-state index contributed by atoms with van der Waals surface area (Å²) in [6.07, 6.45) is 0. The van der Waals surface area contributed by atoms with Crippen molar-refractivity contribution >= 4 is 17.7 Å². The van der Waals surface area contributed by atoms with E-state index in [0.29, 0.717) is 5.56 Å². The highest BCUT2D eigenvalue weighted by molar-refractivity contribution is 6.04. The van der Waals surface area contributed by atoms with Gasteiger partial charge in [0, 0.05) is 5.56 Å². The highest BCUT2D eigenvalue weighted by Gasteiger charge is 2.19. The van der Waals surface area contributed by atoms with E-state index in [1.54, 1.807) is 18.2 Å². The molecule has 0 radical (unpaired) electrons. The number of hydrogen-bond acceptors (Lipinski definition) is 5. The molecule has 0 N–H and O–H groups in total. The van der Waals surface area contributed by atoms with Gasteiger partial charge in [0.25, 0.3) is 0 Å². The molecule has 0 aromatic heterocycles. The van der Waals surface area contributed by atoms with Crippen LogP contribution in [0, 0.1) is 13.8 Å². The number of hydrogen-bond donors (Lipinski definition) is 0. The molecule has 0 heterocycles. The van der Waals surface area contributed by atoms with Crippen molar-refractivity contribution in [3.63, 3.8) is 0 Å². The van der Waals surface area contributed by atoms with Gasteiger partial charge in [-0.25, -0.2) is 9.59 Å². The topological polar surface area (TPSA) is 69.7 Å². The van der Waals surface area contributed by atoms with Crippen molar-refractivity contribution in [1.82, 2.24) is 0 Å². The van der Waals surface area contributed by atoms with Crippen LogP contribution in [-0.2, 0) is 9.47 Å². The minimum absolute atomic E-state index is 0.0677. The van der Waals surface area contributed by atoms with E-state index in [1.165, 1.54) is 19.2 Å². The van der Waals surface area contributed by atoms with E-state index in [9.17, 15) is 14.4 Å². The molecule has 0 atom stereocenters. The number of rotatable bonds is 5. The Hall–Kier alpha value is -2.95. The van der Waals surface area contributed by atoms with Crippen molar-refractivity contribution in [2.75, 3.05) is 13.7 Å². The molecule has 0 spiro atoms. The van der Waals surface area contributed by atoms with Gasteiger partial charge in [0.2, 0.25) is 5.78 Å². The van der Waals surface area contributed by atoms with Crippen molar-refractivity contribution in [2.24, 2.45) is 0 Å². The van der Waals surface area contributed by atoms with Crippen molar-refractivity contribution < 1.29 is 23.9 Å². The summed E-state index contributed by atoms with van der Waals surface area (Å²) in [4.78, 5) is 36.1. The third-order valence-electron chi connectivity index (χ3n) is 3.58. The third-order valence-corrected chi connectivity index (χ3v) is 3.58. The number of carbonyl (C=O) groups excluding carboxylic acids is 3. The molecule has 0 amide bonds. The Morgan fingerprint density at radius 1 is 0.875 bits per heavy atom. The Morgan fingerprint density at radius 3 is 2.12 bits per heavy atom. The second kappa shape index (κ2) is 7.55. The zero-order chi connectivity index (χ0) is 17.7. The van der Waals surface area contributed by atoms with Gasteiger partial charge in [0.15, 0.2) is 6.61 Å². The molecular weight excluding hydrogens is 308 g/mol. The van der Waals surface area contributed by atoms with Crippen LogP contribution in [0.15, 0.2) is 42.5 Å². The lowest BCUT2D eigenvalue weighted by atomic mass is 10.0. The van der Waals surface area contributed by atoms with Crippen LogP contribution in [0.2, 0.25) is 0 Å². The molecule has 24 heavy (non-hydrogen) atoms. The van der Waals surface area contributed by atoms with Crippen molar-refractivity contribution in [1.29, 1.82) is 0 Å². The van der Waals surface area contributed by atoms with Crippen molar-refractivity contribution in [3.05, 3.63) is 70.3 Å². The van der Waals surface area contributed by atoms with Crippen LogP contribution in [0.4, 0.5) is 0 Å². The Kier molecular flexibility index (Phi) is 5.47. The molecule has 0 unspecified atom stereocenters. The van der Waals surface area contributed by atoms with E-state index in [0.717, 1.165) is 11.1 Å². The summed E-state index contributed by atoms with van der Waals surface area (Å²) >= 11 is 0. The Labute approximate surface area is 140 Å². The molecule has 124 valence electrons. The van der Waals surface area contributed by atoms with Gasteiger partial charge in [-0.1, -0.05) is 29.8 Å². The largest absolute Gasteiger partial charge is 0.465 e. The highest BCUT2D eigenvalue weighted by atomic mass is 16.5. The minimum atomic E-state index is -0.741. The number of esters is 2. The summed E-state index contributed by atoms with van der Waals surface area (Å²) in [5.41, 5.74) is 2.45. The first-order valence-corrected chi connectivity index (χ1v) is 7.39. The summed E-state index contributed by atoms with van der Waals surface area (Å²) in [5, 5.41) is 0. The van der Waals surface area contributed by atoms with E-state index >= 15 is 0 Å². The van der Waals surface area contributed by atoms with E-state index in [1.807, 2.05) is 26.0 Å². The van der Waals surface area contributed by atoms with Crippen molar-refractivity contribution in [3.8, 4) is 0 Å². The Morgan fingerprint density at radius 2 is 1.50 bits per heavy atom. The zero-order valence-corrected chi connectivity index (χ0v) is 13.8. The summed E-state index contributed by atoms with van der Waals surface area (Å²) in [5.74, 6) is -1.67. The summed E-state index contributed by atoms with van der Waals surface area (Å²) in [7, 11) is 1.23. The molecule has 0 aliphatic rings. The van der Waals surface area contributed by atoms with E-state index < -0.39 is 18.5 Å². The number of aryl methyl sites for hydroxylation is 2. The molecule has 5 nitrogen and oxygen atoms in total. The van der Waals surface area contributed by atoms with Crippen LogP contribution in [0.5, 0.6) is 0 Å². The number of carbonyl (C=O) groups is 3. The molecule has 2 aromatic carbocycles. The Bertz CT molecular complexity index is 792. The molecule has 0 bridgehead atoms. The van der Waals surface area contributed by atoms with Gasteiger partial charge in [0.1, 0.15) is 0 Å². The average molecular weight is 326 g/mol. The third kappa shape index (κ3) is 3.87. The summed E-state index contributed by atoms with van der Waals surface area (Å²) < 4.78 is 9.72. The lowest BCUT2D eigenvalue weighted by Crippen LogP contribution is -2.18. The molecule has 5 heteroatoms. The maximum atomic E-state index is 12.3. The quantitative estimate of drug-likeness (QED) is 0.623. The van der Waals surface area contributed by atoms with Gasteiger partial charge in [0.05, 0.1) is 18.2 Å². The fourth-order valence-electron chi connectivity index (χ4n) is 2.27. The molecule has 0 aliphatic heterocycles. The van der Waals surface area contributed by atoms with Gasteiger partial charge in [-0.2, -0.15) is 0 Å². The second-order valence-corrected chi connectivity index (χ2v) is 5.35. The molecule has 2 aromatic rings. The molecule has 0 aliphatic carbocycles. The molecule has 0 saturated heterocycles. The molecule has 2 rings (SSSR count). The van der Waals surface area contributed by atoms with Crippen molar-refractivity contribution in [2.45, 2.75) is 13.8 Å². The lowest BCUT2D eigenvalue weighted by Gasteiger charge is -2.09. The predicted molar refractivity (Wildman–Crippen MR) is 88.3 cm³/mol. The van der Waals surface area contributed by atoms with Gasteiger partial charge in [-0.05, 0) is 37.6 Å². The van der Waals surface area contributed by atoms with E-state index in [-0.39, 0.29) is 16.9 Å². The van der Waals surface area contributed by atoms with Crippen LogP contribution in [-0.4, -0.2) is 31.4 Å². The average Bonchev–Trinajstić information content (AvgIpc) is 2.60. The number of methoxy groups -OCH3 is 1. The number of ether oxygens (including phenoxy) is 2. The normalized spacial score (nSPS) is 10.1. The minimum Gasteiger partial charge on any atom is -0.465 e. The van der Waals surface area contributed by atoms with Crippen LogP contribution < -0.4 is 0 Å². The van der Waals surface area contributed by atoms with Crippen LogP contribution >= 0.6 is 0 Å². The molecular formula is C19H18O5. The second-order valence-electron chi connectivity index (χ2n) is 5.35. The van der Waals surface area contributed by atoms with E-state index in [4.69, 9.17) is 4.74 Å². The summed E-state index contributed by atoms with van der Waals surface area (Å²) in [6, 6.07) is 11.7. The monoisotopic (exact) mass is 326 g/mol. The van der Waals surface area contributed by atoms with Gasteiger partial charge in [-0.15, -0.1) is 0 Å². The van der Waals surface area contributed by atoms with Gasteiger partial charge < -0.3 is 9.47 Å². The Balaban J connectivity index is 2.13. The highest BCUT2D eigenvalue weighted by Crippen LogP contribution is 2.14.